The number of halogens is 3. The van der Waals surface area contributed by atoms with Gasteiger partial charge < -0.3 is 15.7 Å². The number of carbonyl (C=O) groups excluding carboxylic acids is 1. The van der Waals surface area contributed by atoms with Gasteiger partial charge in [-0.2, -0.15) is 13.2 Å². The second kappa shape index (κ2) is 6.09. The van der Waals surface area contributed by atoms with Gasteiger partial charge in [-0.15, -0.1) is 0 Å². The summed E-state index contributed by atoms with van der Waals surface area (Å²) in [6.45, 7) is 4.91. The van der Waals surface area contributed by atoms with Crippen LogP contribution in [0, 0.1) is 5.41 Å². The number of aliphatic hydroxyl groups excluding tert-OH is 1. The molecule has 0 spiro atoms. The molecule has 7 heteroatoms. The molecule has 3 N–H and O–H groups in total. The van der Waals surface area contributed by atoms with Crippen molar-refractivity contribution in [3.05, 3.63) is 0 Å². The van der Waals surface area contributed by atoms with Crippen molar-refractivity contribution >= 4 is 6.03 Å². The van der Waals surface area contributed by atoms with E-state index < -0.39 is 31.3 Å². The Hall–Kier alpha value is -0.980. The molecule has 0 bridgehead atoms. The molecule has 0 fully saturated rings. The Labute approximate surface area is 98.6 Å². The van der Waals surface area contributed by atoms with Crippen LogP contribution in [-0.4, -0.2) is 36.5 Å². The first-order valence-corrected chi connectivity index (χ1v) is 5.29. The predicted octanol–water partition coefficient (Wildman–Crippen LogP) is 1.65. The molecular weight excluding hydrogens is 237 g/mol. The molecule has 0 rings (SSSR count). The fraction of sp³-hybridized carbons (Fsp3) is 0.900. The molecule has 0 saturated heterocycles. The number of aliphatic hydroxyl groups is 1. The van der Waals surface area contributed by atoms with Gasteiger partial charge in [0.1, 0.15) is 0 Å². The number of hydrogen-bond acceptors (Lipinski definition) is 2. The second-order valence-corrected chi connectivity index (χ2v) is 4.88. The predicted molar refractivity (Wildman–Crippen MR) is 57.5 cm³/mol. The minimum absolute atomic E-state index is 0.00134. The van der Waals surface area contributed by atoms with Gasteiger partial charge in [-0.3, -0.25) is 0 Å². The van der Waals surface area contributed by atoms with Gasteiger partial charge in [0.2, 0.25) is 0 Å². The molecule has 17 heavy (non-hydrogen) atoms. The summed E-state index contributed by atoms with van der Waals surface area (Å²) in [6, 6.07) is -0.711. The number of carbonyl (C=O) groups is 1. The molecule has 0 radical (unpaired) electrons. The summed E-state index contributed by atoms with van der Waals surface area (Å²) in [5.41, 5.74) is -0.390. The van der Waals surface area contributed by atoms with E-state index in [1.54, 1.807) is 20.8 Å². The lowest BCUT2D eigenvalue weighted by atomic mass is 9.89. The summed E-state index contributed by atoms with van der Waals surface area (Å²) in [4.78, 5) is 11.1. The van der Waals surface area contributed by atoms with Gasteiger partial charge in [0.15, 0.2) is 0 Å². The number of nitrogens with one attached hydrogen (secondary N) is 2. The van der Waals surface area contributed by atoms with Crippen molar-refractivity contribution in [2.75, 3.05) is 13.1 Å². The van der Waals surface area contributed by atoms with Crippen molar-refractivity contribution < 1.29 is 23.1 Å². The van der Waals surface area contributed by atoms with Crippen molar-refractivity contribution in [2.24, 2.45) is 5.41 Å². The van der Waals surface area contributed by atoms with Gasteiger partial charge in [0.05, 0.1) is 12.5 Å². The Morgan fingerprint density at radius 3 is 2.18 bits per heavy atom. The fourth-order valence-electron chi connectivity index (χ4n) is 0.876. The molecule has 4 nitrogen and oxygen atoms in total. The topological polar surface area (TPSA) is 61.4 Å². The number of alkyl halides is 3. The number of urea groups is 1. The number of rotatable bonds is 4. The molecule has 0 aromatic rings. The highest BCUT2D eigenvalue weighted by molar-refractivity contribution is 5.73. The van der Waals surface area contributed by atoms with Crippen LogP contribution in [0.1, 0.15) is 27.2 Å². The first-order valence-electron chi connectivity index (χ1n) is 5.29. The summed E-state index contributed by atoms with van der Waals surface area (Å²) >= 11 is 0. The maximum absolute atomic E-state index is 11.8. The second-order valence-electron chi connectivity index (χ2n) is 4.88. The SMILES string of the molecule is CC(C)(C)C(O)CNC(=O)NCCC(F)(F)F. The van der Waals surface area contributed by atoms with Crippen LogP contribution >= 0.6 is 0 Å². The van der Waals surface area contributed by atoms with Crippen LogP contribution in [0.4, 0.5) is 18.0 Å². The van der Waals surface area contributed by atoms with Gasteiger partial charge in [0.25, 0.3) is 0 Å². The third kappa shape index (κ3) is 8.79. The lowest BCUT2D eigenvalue weighted by Crippen LogP contribution is -2.44. The summed E-state index contributed by atoms with van der Waals surface area (Å²) < 4.78 is 35.3. The van der Waals surface area contributed by atoms with Crippen molar-refractivity contribution in [1.82, 2.24) is 10.6 Å². The molecule has 0 heterocycles. The van der Waals surface area contributed by atoms with E-state index in [9.17, 15) is 23.1 Å². The van der Waals surface area contributed by atoms with E-state index >= 15 is 0 Å². The Bertz CT molecular complexity index is 249. The van der Waals surface area contributed by atoms with Crippen LogP contribution in [0.5, 0.6) is 0 Å². The first-order chi connectivity index (χ1) is 7.52. The third-order valence-corrected chi connectivity index (χ3v) is 2.15. The Morgan fingerprint density at radius 1 is 1.24 bits per heavy atom. The van der Waals surface area contributed by atoms with E-state index in [2.05, 4.69) is 10.6 Å². The van der Waals surface area contributed by atoms with Crippen molar-refractivity contribution in [1.29, 1.82) is 0 Å². The summed E-state index contributed by atoms with van der Waals surface area (Å²) in [6.07, 6.45) is -6.10. The zero-order valence-electron chi connectivity index (χ0n) is 10.2. The lowest BCUT2D eigenvalue weighted by Gasteiger charge is -2.25. The summed E-state index contributed by atoms with van der Waals surface area (Å²) in [7, 11) is 0. The van der Waals surface area contributed by atoms with Gasteiger partial charge in [-0.25, -0.2) is 4.79 Å². The van der Waals surface area contributed by atoms with E-state index in [1.165, 1.54) is 0 Å². The molecule has 0 aromatic carbocycles. The van der Waals surface area contributed by atoms with E-state index in [4.69, 9.17) is 0 Å². The van der Waals surface area contributed by atoms with E-state index in [-0.39, 0.29) is 12.0 Å². The Balaban J connectivity index is 3.75. The van der Waals surface area contributed by atoms with Crippen LogP contribution in [0.15, 0.2) is 0 Å². The third-order valence-electron chi connectivity index (χ3n) is 2.15. The maximum atomic E-state index is 11.8. The van der Waals surface area contributed by atoms with E-state index in [1.807, 2.05) is 0 Å². The van der Waals surface area contributed by atoms with Gasteiger partial charge in [0, 0.05) is 13.1 Å². The Kier molecular flexibility index (Phi) is 5.74. The minimum Gasteiger partial charge on any atom is -0.391 e. The standard InChI is InChI=1S/C10H19F3N2O2/c1-9(2,3)7(16)6-15-8(17)14-5-4-10(11,12)13/h7,16H,4-6H2,1-3H3,(H2,14,15,17). The number of hydrogen-bond donors (Lipinski definition) is 3. The van der Waals surface area contributed by atoms with Crippen LogP contribution in [0.3, 0.4) is 0 Å². The molecule has 2 amide bonds. The van der Waals surface area contributed by atoms with Crippen molar-refractivity contribution in [3.8, 4) is 0 Å². The van der Waals surface area contributed by atoms with Crippen molar-refractivity contribution in [3.63, 3.8) is 0 Å². The summed E-state index contributed by atoms with van der Waals surface area (Å²) in [5, 5.41) is 13.9. The molecular formula is C10H19F3N2O2. The van der Waals surface area contributed by atoms with Crippen LogP contribution in [0.25, 0.3) is 0 Å². The largest absolute Gasteiger partial charge is 0.391 e. The van der Waals surface area contributed by atoms with Crippen LogP contribution in [0.2, 0.25) is 0 Å². The fourth-order valence-corrected chi connectivity index (χ4v) is 0.876. The molecule has 0 aliphatic rings. The maximum Gasteiger partial charge on any atom is 0.390 e. The van der Waals surface area contributed by atoms with Gasteiger partial charge >= 0.3 is 12.2 Å². The monoisotopic (exact) mass is 256 g/mol. The lowest BCUT2D eigenvalue weighted by molar-refractivity contribution is -0.132. The van der Waals surface area contributed by atoms with Crippen molar-refractivity contribution in [2.45, 2.75) is 39.5 Å². The molecule has 102 valence electrons. The zero-order chi connectivity index (χ0) is 13.7. The zero-order valence-corrected chi connectivity index (χ0v) is 10.2. The molecule has 1 unspecified atom stereocenters. The molecule has 0 aliphatic carbocycles. The Morgan fingerprint density at radius 2 is 1.76 bits per heavy atom. The van der Waals surface area contributed by atoms with Crippen LogP contribution in [-0.2, 0) is 0 Å². The molecule has 0 aliphatic heterocycles. The molecule has 0 aromatic heterocycles. The average Bonchev–Trinajstić information content (AvgIpc) is 2.10. The first kappa shape index (κ1) is 16.0. The highest BCUT2D eigenvalue weighted by atomic mass is 19.4. The highest BCUT2D eigenvalue weighted by Gasteiger charge is 2.26. The molecule has 0 saturated carbocycles. The average molecular weight is 256 g/mol. The van der Waals surface area contributed by atoms with Gasteiger partial charge in [-0.05, 0) is 5.41 Å². The van der Waals surface area contributed by atoms with Crippen LogP contribution < -0.4 is 10.6 Å². The smallest absolute Gasteiger partial charge is 0.390 e. The quantitative estimate of drug-likeness (QED) is 0.716. The van der Waals surface area contributed by atoms with Gasteiger partial charge in [-0.1, -0.05) is 20.8 Å². The van der Waals surface area contributed by atoms with E-state index in [0.717, 1.165) is 0 Å². The highest BCUT2D eigenvalue weighted by Crippen LogP contribution is 2.18. The molecule has 1 atom stereocenters. The normalized spacial score (nSPS) is 14.3. The number of amides is 2. The minimum atomic E-state index is -4.28. The summed E-state index contributed by atoms with van der Waals surface area (Å²) in [5.74, 6) is 0. The van der Waals surface area contributed by atoms with E-state index in [0.29, 0.717) is 0 Å².